The van der Waals surface area contributed by atoms with E-state index in [1.165, 1.54) is 30.5 Å². The minimum absolute atomic E-state index is 0.113. The third kappa shape index (κ3) is 6.14. The van der Waals surface area contributed by atoms with Crippen molar-refractivity contribution < 1.29 is 40.7 Å². The van der Waals surface area contributed by atoms with Crippen LogP contribution in [-0.2, 0) is 24.4 Å². The molecule has 4 aromatic rings. The van der Waals surface area contributed by atoms with Crippen LogP contribution in [0.4, 0.5) is 32.2 Å². The van der Waals surface area contributed by atoms with Gasteiger partial charge in [0.1, 0.15) is 5.82 Å². The zero-order valence-electron chi connectivity index (χ0n) is 21.6. The van der Waals surface area contributed by atoms with Gasteiger partial charge in [-0.15, -0.1) is 0 Å². The van der Waals surface area contributed by atoms with Crippen LogP contribution in [0.1, 0.15) is 45.8 Å². The molecule has 0 unspecified atom stereocenters. The maximum atomic E-state index is 13.6. The fraction of sp³-hybridized carbons (Fsp3) is 0.276. The Kier molecular flexibility index (Phi) is 7.80. The molecule has 1 aliphatic heterocycles. The number of Topliss-reactive ketones (excluding diaryl/α,β-unsaturated/α-hetero) is 1. The highest BCUT2D eigenvalue weighted by Gasteiger charge is 2.41. The Morgan fingerprint density at radius 1 is 0.976 bits per heavy atom. The van der Waals surface area contributed by atoms with E-state index in [4.69, 9.17) is 16.0 Å². The van der Waals surface area contributed by atoms with Gasteiger partial charge in [0.25, 0.3) is 0 Å². The van der Waals surface area contributed by atoms with Crippen molar-refractivity contribution in [2.24, 2.45) is 0 Å². The number of oxazole rings is 1. The summed E-state index contributed by atoms with van der Waals surface area (Å²) in [6.07, 6.45) is -8.40. The largest absolute Gasteiger partial charge is 0.437 e. The van der Waals surface area contributed by atoms with E-state index in [1.54, 1.807) is 24.3 Å². The van der Waals surface area contributed by atoms with Crippen LogP contribution in [-0.4, -0.2) is 33.9 Å². The number of benzene rings is 2. The van der Waals surface area contributed by atoms with Gasteiger partial charge < -0.3 is 14.4 Å². The maximum Gasteiger partial charge on any atom is 0.437 e. The molecule has 220 valence electrons. The highest BCUT2D eigenvalue weighted by atomic mass is 35.5. The van der Waals surface area contributed by atoms with Crippen LogP contribution in [0.25, 0.3) is 11.5 Å². The Hall–Kier alpha value is -3.90. The van der Waals surface area contributed by atoms with Crippen molar-refractivity contribution >= 4 is 23.2 Å². The second kappa shape index (κ2) is 11.1. The summed E-state index contributed by atoms with van der Waals surface area (Å²) in [7, 11) is 0. The second-order valence-corrected chi connectivity index (χ2v) is 10.3. The van der Waals surface area contributed by atoms with Crippen molar-refractivity contribution in [3.05, 3.63) is 100 Å². The average Bonchev–Trinajstić information content (AvgIpc) is 3.41. The lowest BCUT2D eigenvalue weighted by molar-refractivity contribution is -0.141. The first kappa shape index (κ1) is 29.6. The Morgan fingerprint density at radius 3 is 2.26 bits per heavy atom. The quantitative estimate of drug-likeness (QED) is 0.182. The number of alkyl halides is 6. The number of carbonyl (C=O) groups is 1. The molecular formula is C29H22ClF6N3O3. The van der Waals surface area contributed by atoms with Crippen molar-refractivity contribution in [3.63, 3.8) is 0 Å². The van der Waals surface area contributed by atoms with Crippen LogP contribution < -0.4 is 4.90 Å². The van der Waals surface area contributed by atoms with Crippen LogP contribution in [0, 0.1) is 0 Å². The van der Waals surface area contributed by atoms with Gasteiger partial charge in [-0.3, -0.25) is 4.79 Å². The highest BCUT2D eigenvalue weighted by molar-refractivity contribution is 6.31. The summed E-state index contributed by atoms with van der Waals surface area (Å²) in [4.78, 5) is 22.5. The van der Waals surface area contributed by atoms with E-state index in [9.17, 15) is 36.2 Å². The number of aromatic nitrogens is 2. The molecule has 42 heavy (non-hydrogen) atoms. The molecule has 13 heteroatoms. The molecule has 1 aliphatic rings. The van der Waals surface area contributed by atoms with E-state index in [0.717, 1.165) is 12.1 Å². The number of hydrogen-bond acceptors (Lipinski definition) is 6. The van der Waals surface area contributed by atoms with Crippen LogP contribution in [0.2, 0.25) is 5.02 Å². The Labute approximate surface area is 240 Å². The standard InChI is InChI=1S/C29H22ClF6N3O3/c30-21-8-7-19(15-20(21)28(31,32)33)27(41)10-12-39(13-11-27)23-9-6-17(16-37-23)14-22(40)24-25(29(34,35)36)38-26(42-24)18-4-2-1-3-5-18/h1-9,15-16,41H,10-14H2. The third-order valence-corrected chi connectivity index (χ3v) is 7.40. The number of nitrogens with zero attached hydrogens (tertiary/aromatic N) is 3. The molecule has 3 heterocycles. The zero-order valence-corrected chi connectivity index (χ0v) is 22.4. The lowest BCUT2D eigenvalue weighted by atomic mass is 9.83. The van der Waals surface area contributed by atoms with E-state index in [-0.39, 0.29) is 37.4 Å². The fourth-order valence-corrected chi connectivity index (χ4v) is 5.03. The molecule has 2 aromatic heterocycles. The molecule has 0 amide bonds. The van der Waals surface area contributed by atoms with E-state index in [0.29, 0.717) is 16.9 Å². The molecule has 5 rings (SSSR count). The average molecular weight is 610 g/mol. The van der Waals surface area contributed by atoms with Gasteiger partial charge in [-0.1, -0.05) is 41.9 Å². The molecule has 1 saturated heterocycles. The van der Waals surface area contributed by atoms with Crippen molar-refractivity contribution in [1.29, 1.82) is 0 Å². The molecule has 0 spiro atoms. The molecular weight excluding hydrogens is 588 g/mol. The Balaban J connectivity index is 1.27. The topological polar surface area (TPSA) is 79.5 Å². The van der Waals surface area contributed by atoms with Crippen molar-refractivity contribution in [2.45, 2.75) is 37.2 Å². The molecule has 6 nitrogen and oxygen atoms in total. The molecule has 0 atom stereocenters. The van der Waals surface area contributed by atoms with Gasteiger partial charge in [-0.25, -0.2) is 9.97 Å². The molecule has 0 radical (unpaired) electrons. The van der Waals surface area contributed by atoms with Crippen LogP contribution in [0.3, 0.4) is 0 Å². The SMILES string of the molecule is O=C(Cc1ccc(N2CCC(O)(c3ccc(Cl)c(C(F)(F)F)c3)CC2)nc1)c1oc(-c2ccccc2)nc1C(F)(F)F. The van der Waals surface area contributed by atoms with E-state index in [1.807, 2.05) is 4.90 Å². The lowest BCUT2D eigenvalue weighted by Crippen LogP contribution is -2.43. The normalized spacial score (nSPS) is 15.6. The summed E-state index contributed by atoms with van der Waals surface area (Å²) in [6.45, 7) is 0.530. The number of ketones is 1. The number of rotatable bonds is 6. The number of aliphatic hydroxyl groups is 1. The summed E-state index contributed by atoms with van der Waals surface area (Å²) >= 11 is 5.70. The van der Waals surface area contributed by atoms with Gasteiger partial charge in [0.05, 0.1) is 16.2 Å². The number of pyridine rings is 1. The summed E-state index contributed by atoms with van der Waals surface area (Å²) in [5.74, 6) is -1.66. The van der Waals surface area contributed by atoms with Crippen molar-refractivity contribution in [3.8, 4) is 11.5 Å². The van der Waals surface area contributed by atoms with Gasteiger partial charge in [-0.05, 0) is 54.3 Å². The Bertz CT molecular complexity index is 1580. The smallest absolute Gasteiger partial charge is 0.432 e. The summed E-state index contributed by atoms with van der Waals surface area (Å²) in [5.41, 5.74) is -3.18. The molecule has 0 saturated carbocycles. The van der Waals surface area contributed by atoms with Gasteiger partial charge in [0.2, 0.25) is 17.4 Å². The van der Waals surface area contributed by atoms with Crippen molar-refractivity contribution in [2.75, 3.05) is 18.0 Å². The molecule has 1 fully saturated rings. The predicted octanol–water partition coefficient (Wildman–Crippen LogP) is 7.34. The fourth-order valence-electron chi connectivity index (χ4n) is 4.81. The number of carbonyl (C=O) groups excluding carboxylic acids is 1. The number of piperidine rings is 1. The molecule has 1 N–H and O–H groups in total. The number of halogens is 7. The van der Waals surface area contributed by atoms with Gasteiger partial charge >= 0.3 is 12.4 Å². The second-order valence-electron chi connectivity index (χ2n) is 9.90. The summed E-state index contributed by atoms with van der Waals surface area (Å²) in [5, 5.41) is 10.7. The third-order valence-electron chi connectivity index (χ3n) is 7.07. The van der Waals surface area contributed by atoms with Gasteiger partial charge in [0.15, 0.2) is 5.69 Å². The zero-order chi connectivity index (χ0) is 30.3. The maximum absolute atomic E-state index is 13.6. The summed E-state index contributed by atoms with van der Waals surface area (Å²) < 4.78 is 86.0. The minimum Gasteiger partial charge on any atom is -0.432 e. The van der Waals surface area contributed by atoms with Crippen LogP contribution in [0.15, 0.2) is 71.3 Å². The molecule has 0 bridgehead atoms. The Morgan fingerprint density at radius 2 is 1.67 bits per heavy atom. The highest BCUT2D eigenvalue weighted by Crippen LogP contribution is 2.40. The predicted molar refractivity (Wildman–Crippen MR) is 141 cm³/mol. The first-order valence-electron chi connectivity index (χ1n) is 12.7. The monoisotopic (exact) mass is 609 g/mol. The van der Waals surface area contributed by atoms with E-state index >= 15 is 0 Å². The number of anilines is 1. The first-order valence-corrected chi connectivity index (χ1v) is 13.1. The van der Waals surface area contributed by atoms with Crippen LogP contribution >= 0.6 is 11.6 Å². The van der Waals surface area contributed by atoms with Gasteiger partial charge in [-0.2, -0.15) is 26.3 Å². The summed E-state index contributed by atoms with van der Waals surface area (Å²) in [6, 6.07) is 14.4. The van der Waals surface area contributed by atoms with Crippen LogP contribution in [0.5, 0.6) is 0 Å². The van der Waals surface area contributed by atoms with Gasteiger partial charge in [0, 0.05) is 31.3 Å². The minimum atomic E-state index is -4.90. The first-order chi connectivity index (χ1) is 19.7. The van der Waals surface area contributed by atoms with E-state index in [2.05, 4.69) is 9.97 Å². The molecule has 2 aromatic carbocycles. The van der Waals surface area contributed by atoms with Crippen molar-refractivity contribution in [1.82, 2.24) is 9.97 Å². The lowest BCUT2D eigenvalue weighted by Gasteiger charge is -2.39. The molecule has 0 aliphatic carbocycles. The number of hydrogen-bond donors (Lipinski definition) is 1. The van der Waals surface area contributed by atoms with E-state index < -0.39 is 52.2 Å².